The van der Waals surface area contributed by atoms with E-state index in [9.17, 15) is 0 Å². The second-order valence-electron chi connectivity index (χ2n) is 6.17. The van der Waals surface area contributed by atoms with E-state index in [-0.39, 0.29) is 0 Å². The minimum absolute atomic E-state index is 0.738. The lowest BCUT2D eigenvalue weighted by Gasteiger charge is -2.40. The normalized spacial score (nSPS) is 28.8. The van der Waals surface area contributed by atoms with E-state index in [0.29, 0.717) is 0 Å². The Bertz CT molecular complexity index is 209. The lowest BCUT2D eigenvalue weighted by molar-refractivity contribution is 0.0918. The van der Waals surface area contributed by atoms with Gasteiger partial charge in [0.2, 0.25) is 0 Å². The Balaban J connectivity index is 1.75. The van der Waals surface area contributed by atoms with Crippen molar-refractivity contribution < 1.29 is 0 Å². The number of hydrogen-bond acceptors (Lipinski definition) is 2. The van der Waals surface area contributed by atoms with Crippen molar-refractivity contribution in [2.24, 2.45) is 0 Å². The molecule has 0 amide bonds. The summed E-state index contributed by atoms with van der Waals surface area (Å²) in [6.07, 6.45) is 10.0. The van der Waals surface area contributed by atoms with Gasteiger partial charge in [0.05, 0.1) is 0 Å². The van der Waals surface area contributed by atoms with Gasteiger partial charge in [0.15, 0.2) is 0 Å². The van der Waals surface area contributed by atoms with Crippen LogP contribution < -0.4 is 0 Å². The molecule has 0 saturated carbocycles. The molecular formula is C15H30N2. The number of rotatable bonds is 4. The first-order chi connectivity index (χ1) is 8.27. The van der Waals surface area contributed by atoms with Gasteiger partial charge in [0.25, 0.3) is 0 Å². The molecule has 2 aliphatic heterocycles. The highest BCUT2D eigenvalue weighted by atomic mass is 15.2. The Kier molecular flexibility index (Phi) is 5.30. The Morgan fingerprint density at radius 1 is 0.941 bits per heavy atom. The molecule has 17 heavy (non-hydrogen) atoms. The second kappa shape index (κ2) is 6.75. The molecule has 0 radical (unpaired) electrons. The number of nitrogens with zero attached hydrogens (tertiary/aromatic N) is 2. The highest BCUT2D eigenvalue weighted by Crippen LogP contribution is 2.22. The minimum Gasteiger partial charge on any atom is -0.303 e. The van der Waals surface area contributed by atoms with Crippen LogP contribution in [0.25, 0.3) is 0 Å². The lowest BCUT2D eigenvalue weighted by atomic mass is 9.97. The van der Waals surface area contributed by atoms with Gasteiger partial charge in [-0.15, -0.1) is 0 Å². The van der Waals surface area contributed by atoms with Gasteiger partial charge in [-0.25, -0.2) is 0 Å². The molecule has 2 fully saturated rings. The summed E-state index contributed by atoms with van der Waals surface area (Å²) in [5.74, 6) is 0. The fraction of sp³-hybridized carbons (Fsp3) is 1.00. The van der Waals surface area contributed by atoms with Crippen molar-refractivity contribution in [1.82, 2.24) is 9.80 Å². The highest BCUT2D eigenvalue weighted by Gasteiger charge is 2.24. The fourth-order valence-electron chi connectivity index (χ4n) is 3.53. The summed E-state index contributed by atoms with van der Waals surface area (Å²) in [5, 5.41) is 0. The number of hydrogen-bond donors (Lipinski definition) is 0. The van der Waals surface area contributed by atoms with E-state index in [4.69, 9.17) is 0 Å². The smallest absolute Gasteiger partial charge is 0.0110 e. The zero-order chi connectivity index (χ0) is 12.1. The molecule has 0 aromatic heterocycles. The van der Waals surface area contributed by atoms with Crippen LogP contribution in [0.5, 0.6) is 0 Å². The fourth-order valence-corrected chi connectivity index (χ4v) is 3.53. The Hall–Kier alpha value is -0.0800. The number of piperidine rings is 2. The number of likely N-dealkylation sites (tertiary alicyclic amines) is 2. The maximum absolute atomic E-state index is 2.74. The minimum atomic E-state index is 0.738. The first kappa shape index (κ1) is 13.4. The van der Waals surface area contributed by atoms with Crippen LogP contribution in [0.2, 0.25) is 0 Å². The van der Waals surface area contributed by atoms with Gasteiger partial charge in [-0.2, -0.15) is 0 Å². The summed E-state index contributed by atoms with van der Waals surface area (Å²) >= 11 is 0. The van der Waals surface area contributed by atoms with E-state index in [1.807, 2.05) is 0 Å². The summed E-state index contributed by atoms with van der Waals surface area (Å²) in [5.41, 5.74) is 0. The Morgan fingerprint density at radius 2 is 1.65 bits per heavy atom. The molecule has 0 spiro atoms. The van der Waals surface area contributed by atoms with E-state index >= 15 is 0 Å². The van der Waals surface area contributed by atoms with E-state index in [2.05, 4.69) is 23.6 Å². The summed E-state index contributed by atoms with van der Waals surface area (Å²) in [6, 6.07) is 1.60. The molecule has 2 rings (SSSR count). The third-order valence-electron chi connectivity index (χ3n) is 4.56. The molecule has 100 valence electrons. The van der Waals surface area contributed by atoms with Crippen molar-refractivity contribution in [2.45, 2.75) is 70.9 Å². The highest BCUT2D eigenvalue weighted by molar-refractivity contribution is 4.80. The quantitative estimate of drug-likeness (QED) is 0.742. The average molecular weight is 238 g/mol. The predicted molar refractivity (Wildman–Crippen MR) is 74.4 cm³/mol. The van der Waals surface area contributed by atoms with Crippen LogP contribution in [0.3, 0.4) is 0 Å². The third kappa shape index (κ3) is 3.96. The molecule has 0 aromatic carbocycles. The van der Waals surface area contributed by atoms with Crippen molar-refractivity contribution in [3.05, 3.63) is 0 Å². The topological polar surface area (TPSA) is 6.48 Å². The van der Waals surface area contributed by atoms with E-state index in [1.165, 1.54) is 71.1 Å². The van der Waals surface area contributed by atoms with Crippen molar-refractivity contribution in [1.29, 1.82) is 0 Å². The zero-order valence-electron chi connectivity index (χ0n) is 11.8. The maximum atomic E-state index is 2.74. The van der Waals surface area contributed by atoms with Crippen molar-refractivity contribution in [3.63, 3.8) is 0 Å². The van der Waals surface area contributed by atoms with Crippen LogP contribution >= 0.6 is 0 Å². The molecule has 0 aromatic rings. The first-order valence-corrected chi connectivity index (χ1v) is 7.75. The van der Waals surface area contributed by atoms with Crippen LogP contribution in [-0.2, 0) is 0 Å². The average Bonchev–Trinajstić information content (AvgIpc) is 2.38. The summed E-state index contributed by atoms with van der Waals surface area (Å²) in [6.45, 7) is 10.1. The summed E-state index contributed by atoms with van der Waals surface area (Å²) in [4.78, 5) is 5.43. The molecule has 1 atom stereocenters. The van der Waals surface area contributed by atoms with Gasteiger partial charge >= 0.3 is 0 Å². The van der Waals surface area contributed by atoms with Gasteiger partial charge < -0.3 is 4.90 Å². The van der Waals surface area contributed by atoms with Crippen molar-refractivity contribution >= 4 is 0 Å². The van der Waals surface area contributed by atoms with Gasteiger partial charge in [-0.1, -0.05) is 12.8 Å². The predicted octanol–water partition coefficient (Wildman–Crippen LogP) is 3.13. The third-order valence-corrected chi connectivity index (χ3v) is 4.56. The second-order valence-corrected chi connectivity index (χ2v) is 6.17. The Labute approximate surface area is 107 Å². The molecule has 2 heterocycles. The molecule has 2 heteroatoms. The Morgan fingerprint density at radius 3 is 2.35 bits per heavy atom. The van der Waals surface area contributed by atoms with E-state index in [1.54, 1.807) is 0 Å². The van der Waals surface area contributed by atoms with Crippen LogP contribution in [0.1, 0.15) is 58.8 Å². The van der Waals surface area contributed by atoms with Crippen LogP contribution in [0.4, 0.5) is 0 Å². The molecule has 0 bridgehead atoms. The van der Waals surface area contributed by atoms with Gasteiger partial charge in [-0.05, 0) is 72.1 Å². The molecule has 2 saturated heterocycles. The zero-order valence-corrected chi connectivity index (χ0v) is 11.8. The van der Waals surface area contributed by atoms with Gasteiger partial charge in [-0.3, -0.25) is 4.90 Å². The molecule has 2 aliphatic rings. The lowest BCUT2D eigenvalue weighted by Crippen LogP contribution is -2.45. The van der Waals surface area contributed by atoms with Crippen LogP contribution in [-0.4, -0.2) is 48.1 Å². The van der Waals surface area contributed by atoms with Gasteiger partial charge in [0.1, 0.15) is 0 Å². The van der Waals surface area contributed by atoms with Crippen LogP contribution in [0.15, 0.2) is 0 Å². The molecule has 1 unspecified atom stereocenters. The van der Waals surface area contributed by atoms with Crippen molar-refractivity contribution in [3.8, 4) is 0 Å². The summed E-state index contributed by atoms with van der Waals surface area (Å²) in [7, 11) is 0. The largest absolute Gasteiger partial charge is 0.303 e. The summed E-state index contributed by atoms with van der Waals surface area (Å²) < 4.78 is 0. The van der Waals surface area contributed by atoms with E-state index < -0.39 is 0 Å². The molecule has 0 N–H and O–H groups in total. The maximum Gasteiger partial charge on any atom is 0.0110 e. The molecule has 2 nitrogen and oxygen atoms in total. The van der Waals surface area contributed by atoms with E-state index in [0.717, 1.165) is 12.1 Å². The van der Waals surface area contributed by atoms with Crippen LogP contribution in [0, 0.1) is 0 Å². The molecular weight excluding hydrogens is 208 g/mol. The standard InChI is InChI=1S/C15H30N2/c1-14(2)17-12-7-4-8-15(17)9-13-16-10-5-3-6-11-16/h14-15H,3-13H2,1-2H3. The SMILES string of the molecule is CC(C)N1CCCCC1CCN1CCCCC1. The first-order valence-electron chi connectivity index (χ1n) is 7.75. The van der Waals surface area contributed by atoms with Gasteiger partial charge in [0, 0.05) is 12.1 Å². The van der Waals surface area contributed by atoms with Crippen molar-refractivity contribution in [2.75, 3.05) is 26.2 Å². The monoisotopic (exact) mass is 238 g/mol. The molecule has 0 aliphatic carbocycles.